The van der Waals surface area contributed by atoms with E-state index in [0.29, 0.717) is 31.0 Å². The van der Waals surface area contributed by atoms with Gasteiger partial charge in [0.25, 0.3) is 11.6 Å². The van der Waals surface area contributed by atoms with Gasteiger partial charge in [0.1, 0.15) is 12.0 Å². The van der Waals surface area contributed by atoms with Crippen LogP contribution < -0.4 is 4.90 Å². The summed E-state index contributed by atoms with van der Waals surface area (Å²) in [6.07, 6.45) is 2.10. The molecule has 3 rings (SSSR count). The standard InChI is InChI=1S/C17H18N4O3/c22-17(14-5-2-1-3-6-14)20-10-4-9-19(11-12-20)16-8-7-15(13-18-16)21(23)24/h1-3,5-8,13H,4,9-12H2. The van der Waals surface area contributed by atoms with Gasteiger partial charge in [0, 0.05) is 37.8 Å². The van der Waals surface area contributed by atoms with Crippen molar-refractivity contribution in [1.82, 2.24) is 9.88 Å². The highest BCUT2D eigenvalue weighted by Crippen LogP contribution is 2.18. The maximum atomic E-state index is 12.5. The molecule has 1 aromatic carbocycles. The Bertz CT molecular complexity index is 718. The first kappa shape index (κ1) is 15.9. The largest absolute Gasteiger partial charge is 0.355 e. The van der Waals surface area contributed by atoms with Gasteiger partial charge in [-0.25, -0.2) is 4.98 Å². The molecule has 1 amide bonds. The molecule has 2 aromatic rings. The van der Waals surface area contributed by atoms with Crippen LogP contribution >= 0.6 is 0 Å². The number of pyridine rings is 1. The first-order valence-electron chi connectivity index (χ1n) is 7.85. The number of carbonyl (C=O) groups is 1. The molecule has 0 unspecified atom stereocenters. The lowest BCUT2D eigenvalue weighted by Gasteiger charge is -2.22. The molecule has 0 radical (unpaired) electrons. The first-order chi connectivity index (χ1) is 11.6. The molecule has 1 aliphatic rings. The highest BCUT2D eigenvalue weighted by atomic mass is 16.6. The van der Waals surface area contributed by atoms with Gasteiger partial charge in [0.05, 0.1) is 4.92 Å². The first-order valence-corrected chi connectivity index (χ1v) is 7.85. The predicted molar refractivity (Wildman–Crippen MR) is 90.1 cm³/mol. The Labute approximate surface area is 139 Å². The van der Waals surface area contributed by atoms with Gasteiger partial charge in [-0.3, -0.25) is 14.9 Å². The number of benzene rings is 1. The van der Waals surface area contributed by atoms with Crippen molar-refractivity contribution in [3.05, 3.63) is 64.3 Å². The average Bonchev–Trinajstić information content (AvgIpc) is 2.88. The SMILES string of the molecule is O=C(c1ccccc1)N1CCCN(c2ccc([N+](=O)[O-])cn2)CC1. The summed E-state index contributed by atoms with van der Waals surface area (Å²) in [7, 11) is 0. The molecule has 0 N–H and O–H groups in total. The topological polar surface area (TPSA) is 79.6 Å². The number of carbonyl (C=O) groups excluding carboxylic acids is 1. The number of nitro groups is 1. The van der Waals surface area contributed by atoms with E-state index < -0.39 is 4.92 Å². The summed E-state index contributed by atoms with van der Waals surface area (Å²) in [4.78, 5) is 30.9. The van der Waals surface area contributed by atoms with Crippen LogP contribution in [-0.4, -0.2) is 46.9 Å². The number of rotatable bonds is 3. The molecule has 0 spiro atoms. The molecular formula is C17H18N4O3. The Morgan fingerprint density at radius 1 is 1.04 bits per heavy atom. The fourth-order valence-corrected chi connectivity index (χ4v) is 2.79. The molecule has 0 bridgehead atoms. The Morgan fingerprint density at radius 2 is 1.83 bits per heavy atom. The number of hydrogen-bond donors (Lipinski definition) is 0. The molecule has 7 nitrogen and oxygen atoms in total. The quantitative estimate of drug-likeness (QED) is 0.639. The summed E-state index contributed by atoms with van der Waals surface area (Å²) in [6.45, 7) is 2.72. The normalized spacial score (nSPS) is 15.0. The lowest BCUT2D eigenvalue weighted by atomic mass is 10.2. The van der Waals surface area contributed by atoms with Crippen LogP contribution in [0.1, 0.15) is 16.8 Å². The van der Waals surface area contributed by atoms with Crippen LogP contribution in [0.15, 0.2) is 48.7 Å². The predicted octanol–water partition coefficient (Wildman–Crippen LogP) is 2.34. The molecule has 7 heteroatoms. The van der Waals surface area contributed by atoms with E-state index in [-0.39, 0.29) is 11.6 Å². The molecule has 1 aromatic heterocycles. The molecule has 0 saturated carbocycles. The second kappa shape index (κ2) is 7.08. The molecule has 1 saturated heterocycles. The van der Waals surface area contributed by atoms with Crippen molar-refractivity contribution in [2.75, 3.05) is 31.1 Å². The zero-order valence-corrected chi connectivity index (χ0v) is 13.2. The van der Waals surface area contributed by atoms with Gasteiger partial charge in [-0.1, -0.05) is 18.2 Å². The summed E-state index contributed by atoms with van der Waals surface area (Å²) < 4.78 is 0. The van der Waals surface area contributed by atoms with Crippen molar-refractivity contribution in [2.45, 2.75) is 6.42 Å². The van der Waals surface area contributed by atoms with Gasteiger partial charge in [-0.15, -0.1) is 0 Å². The minimum Gasteiger partial charge on any atom is -0.355 e. The second-order valence-electron chi connectivity index (χ2n) is 5.63. The van der Waals surface area contributed by atoms with Gasteiger partial charge in [-0.2, -0.15) is 0 Å². The molecule has 1 aliphatic heterocycles. The lowest BCUT2D eigenvalue weighted by molar-refractivity contribution is -0.385. The van der Waals surface area contributed by atoms with Crippen LogP contribution in [0.2, 0.25) is 0 Å². The summed E-state index contributed by atoms with van der Waals surface area (Å²) >= 11 is 0. The fourth-order valence-electron chi connectivity index (χ4n) is 2.79. The molecule has 1 fully saturated rings. The molecule has 2 heterocycles. The Morgan fingerprint density at radius 3 is 2.50 bits per heavy atom. The highest BCUT2D eigenvalue weighted by molar-refractivity contribution is 5.94. The molecule has 0 atom stereocenters. The molecule has 0 aliphatic carbocycles. The van der Waals surface area contributed by atoms with Crippen LogP contribution in [0.3, 0.4) is 0 Å². The summed E-state index contributed by atoms with van der Waals surface area (Å²) in [5, 5.41) is 10.7. The minimum absolute atomic E-state index is 0.0190. The van der Waals surface area contributed by atoms with Crippen LogP contribution in [-0.2, 0) is 0 Å². The zero-order chi connectivity index (χ0) is 16.9. The van der Waals surface area contributed by atoms with Crippen LogP contribution in [0.4, 0.5) is 11.5 Å². The van der Waals surface area contributed by atoms with Crippen LogP contribution in [0.5, 0.6) is 0 Å². The highest BCUT2D eigenvalue weighted by Gasteiger charge is 2.21. The third kappa shape index (κ3) is 3.51. The van der Waals surface area contributed by atoms with Crippen molar-refractivity contribution < 1.29 is 9.72 Å². The number of hydrogen-bond acceptors (Lipinski definition) is 5. The van der Waals surface area contributed by atoms with Crippen molar-refractivity contribution >= 4 is 17.4 Å². The van der Waals surface area contributed by atoms with Crippen molar-refractivity contribution in [2.24, 2.45) is 0 Å². The third-order valence-corrected chi connectivity index (χ3v) is 4.07. The maximum Gasteiger partial charge on any atom is 0.287 e. The van der Waals surface area contributed by atoms with Gasteiger partial charge in [-0.05, 0) is 24.6 Å². The smallest absolute Gasteiger partial charge is 0.287 e. The van der Waals surface area contributed by atoms with Crippen molar-refractivity contribution in [3.63, 3.8) is 0 Å². The molecular weight excluding hydrogens is 308 g/mol. The van der Waals surface area contributed by atoms with Gasteiger partial charge < -0.3 is 9.80 Å². The second-order valence-corrected chi connectivity index (χ2v) is 5.63. The zero-order valence-electron chi connectivity index (χ0n) is 13.2. The summed E-state index contributed by atoms with van der Waals surface area (Å²) in [5.41, 5.74) is 0.675. The van der Waals surface area contributed by atoms with Gasteiger partial charge in [0.2, 0.25) is 0 Å². The lowest BCUT2D eigenvalue weighted by Crippen LogP contribution is -2.35. The van der Waals surface area contributed by atoms with Crippen molar-refractivity contribution in [1.29, 1.82) is 0 Å². The molecule has 24 heavy (non-hydrogen) atoms. The Hall–Kier alpha value is -2.96. The maximum absolute atomic E-state index is 12.5. The fraction of sp³-hybridized carbons (Fsp3) is 0.294. The van der Waals surface area contributed by atoms with E-state index in [1.165, 1.54) is 12.3 Å². The Kier molecular flexibility index (Phi) is 4.69. The van der Waals surface area contributed by atoms with E-state index in [0.717, 1.165) is 13.0 Å². The van der Waals surface area contributed by atoms with E-state index in [1.54, 1.807) is 6.07 Å². The van der Waals surface area contributed by atoms with E-state index in [4.69, 9.17) is 0 Å². The monoisotopic (exact) mass is 326 g/mol. The van der Waals surface area contributed by atoms with Gasteiger partial charge in [0.15, 0.2) is 0 Å². The summed E-state index contributed by atoms with van der Waals surface area (Å²) in [6, 6.07) is 12.4. The van der Waals surface area contributed by atoms with E-state index in [2.05, 4.69) is 9.88 Å². The van der Waals surface area contributed by atoms with Crippen LogP contribution in [0.25, 0.3) is 0 Å². The van der Waals surface area contributed by atoms with E-state index >= 15 is 0 Å². The number of aromatic nitrogens is 1. The number of nitrogens with zero attached hydrogens (tertiary/aromatic N) is 4. The van der Waals surface area contributed by atoms with Gasteiger partial charge >= 0.3 is 0 Å². The van der Waals surface area contributed by atoms with Crippen molar-refractivity contribution in [3.8, 4) is 0 Å². The van der Waals surface area contributed by atoms with E-state index in [9.17, 15) is 14.9 Å². The minimum atomic E-state index is -0.459. The average molecular weight is 326 g/mol. The van der Waals surface area contributed by atoms with E-state index in [1.807, 2.05) is 35.2 Å². The Balaban J connectivity index is 1.66. The van der Waals surface area contributed by atoms with Crippen LogP contribution in [0, 0.1) is 10.1 Å². The number of anilines is 1. The summed E-state index contributed by atoms with van der Waals surface area (Å²) in [5.74, 6) is 0.740. The molecule has 124 valence electrons. The third-order valence-electron chi connectivity index (χ3n) is 4.07. The number of amides is 1.